The summed E-state index contributed by atoms with van der Waals surface area (Å²) < 4.78 is 0. The van der Waals surface area contributed by atoms with Gasteiger partial charge in [-0.3, -0.25) is 4.79 Å². The molecule has 0 radical (unpaired) electrons. The van der Waals surface area contributed by atoms with E-state index >= 15 is 0 Å². The van der Waals surface area contributed by atoms with Crippen molar-refractivity contribution in [3.63, 3.8) is 0 Å². The van der Waals surface area contributed by atoms with Gasteiger partial charge in [-0.1, -0.05) is 6.58 Å². The van der Waals surface area contributed by atoms with Gasteiger partial charge >= 0.3 is 0 Å². The Morgan fingerprint density at radius 2 is 2.17 bits per heavy atom. The second-order valence-corrected chi connectivity index (χ2v) is 4.20. The Morgan fingerprint density at radius 3 is 2.50 bits per heavy atom. The van der Waals surface area contributed by atoms with Gasteiger partial charge in [-0.15, -0.1) is 11.6 Å². The van der Waals surface area contributed by atoms with Gasteiger partial charge in [0.05, 0.1) is 5.41 Å². The predicted molar refractivity (Wildman–Crippen MR) is 50.2 cm³/mol. The van der Waals surface area contributed by atoms with Crippen LogP contribution in [0.25, 0.3) is 0 Å². The predicted octanol–water partition coefficient (Wildman–Crippen LogP) is 1.65. The third-order valence-corrected chi connectivity index (χ3v) is 2.70. The number of rotatable bonds is 2. The highest BCUT2D eigenvalue weighted by atomic mass is 35.5. The third-order valence-electron chi connectivity index (χ3n) is 2.03. The summed E-state index contributed by atoms with van der Waals surface area (Å²) in [5, 5.41) is 0. The van der Waals surface area contributed by atoms with E-state index in [1.54, 1.807) is 4.90 Å². The van der Waals surface area contributed by atoms with E-state index in [4.69, 9.17) is 11.6 Å². The van der Waals surface area contributed by atoms with Gasteiger partial charge in [0.25, 0.3) is 0 Å². The summed E-state index contributed by atoms with van der Waals surface area (Å²) >= 11 is 5.68. The summed E-state index contributed by atoms with van der Waals surface area (Å²) in [4.78, 5) is 13.4. The van der Waals surface area contributed by atoms with Crippen molar-refractivity contribution >= 4 is 17.5 Å². The van der Waals surface area contributed by atoms with Crippen LogP contribution in [0.4, 0.5) is 0 Å². The number of carbonyl (C=O) groups is 1. The van der Waals surface area contributed by atoms with E-state index in [1.807, 2.05) is 13.8 Å². The molecule has 1 aliphatic rings. The summed E-state index contributed by atoms with van der Waals surface area (Å²) in [7, 11) is 0. The molecule has 0 aliphatic carbocycles. The number of likely N-dealkylation sites (tertiary alicyclic amines) is 1. The van der Waals surface area contributed by atoms with Gasteiger partial charge in [0.15, 0.2) is 0 Å². The molecule has 1 rings (SSSR count). The first-order chi connectivity index (χ1) is 5.47. The Hall–Kier alpha value is -0.500. The Labute approximate surface area is 78.2 Å². The second-order valence-electron chi connectivity index (χ2n) is 3.93. The Morgan fingerprint density at radius 1 is 1.67 bits per heavy atom. The van der Waals surface area contributed by atoms with E-state index in [0.29, 0.717) is 19.0 Å². The van der Waals surface area contributed by atoms with Crippen LogP contribution in [0.1, 0.15) is 13.8 Å². The van der Waals surface area contributed by atoms with Crippen molar-refractivity contribution < 1.29 is 4.79 Å². The van der Waals surface area contributed by atoms with E-state index in [2.05, 4.69) is 6.58 Å². The topological polar surface area (TPSA) is 20.3 Å². The molecule has 68 valence electrons. The molecule has 0 aromatic carbocycles. The lowest BCUT2D eigenvalue weighted by Crippen LogP contribution is -2.50. The average molecular weight is 188 g/mol. The molecule has 0 saturated carbocycles. The van der Waals surface area contributed by atoms with Crippen molar-refractivity contribution in [1.29, 1.82) is 0 Å². The summed E-state index contributed by atoms with van der Waals surface area (Å²) in [6, 6.07) is 0. The van der Waals surface area contributed by atoms with Gasteiger partial charge in [0.1, 0.15) is 0 Å². The Bertz CT molecular complexity index is 215. The van der Waals surface area contributed by atoms with E-state index in [1.165, 1.54) is 0 Å². The molecule has 1 amide bonds. The zero-order chi connectivity index (χ0) is 9.35. The summed E-state index contributed by atoms with van der Waals surface area (Å²) in [6.07, 6.45) is 0. The second kappa shape index (κ2) is 3.09. The van der Waals surface area contributed by atoms with Gasteiger partial charge < -0.3 is 4.90 Å². The van der Waals surface area contributed by atoms with Crippen molar-refractivity contribution in [2.45, 2.75) is 13.8 Å². The van der Waals surface area contributed by atoms with Crippen molar-refractivity contribution in [1.82, 2.24) is 4.90 Å². The molecule has 3 heteroatoms. The molecule has 0 spiro atoms. The normalized spacial score (nSPS) is 17.6. The first-order valence-electron chi connectivity index (χ1n) is 3.99. The highest BCUT2D eigenvalue weighted by Gasteiger charge is 2.34. The standard InChI is InChI=1S/C9H14ClNO/c1-7-4-11(5-7)8(12)9(2,3)6-10/h1,4-6H2,2-3H3. The Kier molecular flexibility index (Phi) is 2.47. The van der Waals surface area contributed by atoms with Crippen LogP contribution in [-0.4, -0.2) is 29.8 Å². The van der Waals surface area contributed by atoms with Crippen molar-refractivity contribution in [3.05, 3.63) is 12.2 Å². The van der Waals surface area contributed by atoms with Gasteiger partial charge in [-0.2, -0.15) is 0 Å². The summed E-state index contributed by atoms with van der Waals surface area (Å²) in [6.45, 7) is 8.92. The van der Waals surface area contributed by atoms with E-state index in [0.717, 1.165) is 5.57 Å². The van der Waals surface area contributed by atoms with Gasteiger partial charge in [-0.05, 0) is 19.4 Å². The van der Waals surface area contributed by atoms with Gasteiger partial charge in [0, 0.05) is 19.0 Å². The molecule has 2 nitrogen and oxygen atoms in total. The monoisotopic (exact) mass is 187 g/mol. The molecule has 1 aliphatic heterocycles. The molecule has 0 atom stereocenters. The molecule has 12 heavy (non-hydrogen) atoms. The number of hydrogen-bond donors (Lipinski definition) is 0. The lowest BCUT2D eigenvalue weighted by molar-refractivity contribution is -0.140. The SMILES string of the molecule is C=C1CN(C(=O)C(C)(C)CCl)C1. The van der Waals surface area contributed by atoms with Gasteiger partial charge in [0.2, 0.25) is 5.91 Å². The van der Waals surface area contributed by atoms with Crippen molar-refractivity contribution in [2.75, 3.05) is 19.0 Å². The molecular formula is C9H14ClNO. The maximum absolute atomic E-state index is 11.6. The highest BCUT2D eigenvalue weighted by Crippen LogP contribution is 2.24. The van der Waals surface area contributed by atoms with Crippen LogP contribution < -0.4 is 0 Å². The Balaban J connectivity index is 2.54. The first-order valence-corrected chi connectivity index (χ1v) is 4.53. The maximum Gasteiger partial charge on any atom is 0.230 e. The minimum atomic E-state index is -0.428. The molecule has 0 unspecified atom stereocenters. The minimum absolute atomic E-state index is 0.130. The molecule has 0 aromatic rings. The number of halogens is 1. The van der Waals surface area contributed by atoms with Crippen LogP contribution in [0.5, 0.6) is 0 Å². The van der Waals surface area contributed by atoms with Crippen LogP contribution in [0, 0.1) is 5.41 Å². The molecule has 1 fully saturated rings. The lowest BCUT2D eigenvalue weighted by atomic mass is 9.92. The third kappa shape index (κ3) is 1.63. The fourth-order valence-electron chi connectivity index (χ4n) is 1.12. The minimum Gasteiger partial charge on any atom is -0.334 e. The fourth-order valence-corrected chi connectivity index (χ4v) is 1.24. The molecule has 0 aromatic heterocycles. The van der Waals surface area contributed by atoms with Crippen LogP contribution in [-0.2, 0) is 4.79 Å². The van der Waals surface area contributed by atoms with Crippen LogP contribution in [0.15, 0.2) is 12.2 Å². The molecule has 1 saturated heterocycles. The maximum atomic E-state index is 11.6. The first kappa shape index (κ1) is 9.59. The lowest BCUT2D eigenvalue weighted by Gasteiger charge is -2.38. The van der Waals surface area contributed by atoms with E-state index in [9.17, 15) is 4.79 Å². The summed E-state index contributed by atoms with van der Waals surface area (Å²) in [5.41, 5.74) is 0.691. The number of nitrogens with zero attached hydrogens (tertiary/aromatic N) is 1. The molecular weight excluding hydrogens is 174 g/mol. The fraction of sp³-hybridized carbons (Fsp3) is 0.667. The largest absolute Gasteiger partial charge is 0.334 e. The quantitative estimate of drug-likeness (QED) is 0.476. The van der Waals surface area contributed by atoms with Crippen LogP contribution in [0.3, 0.4) is 0 Å². The number of hydrogen-bond acceptors (Lipinski definition) is 1. The van der Waals surface area contributed by atoms with E-state index in [-0.39, 0.29) is 5.91 Å². The zero-order valence-corrected chi connectivity index (χ0v) is 8.32. The van der Waals surface area contributed by atoms with E-state index < -0.39 is 5.41 Å². The van der Waals surface area contributed by atoms with Crippen molar-refractivity contribution in [3.8, 4) is 0 Å². The smallest absolute Gasteiger partial charge is 0.230 e. The number of alkyl halides is 1. The highest BCUT2D eigenvalue weighted by molar-refractivity contribution is 6.19. The number of carbonyl (C=O) groups excluding carboxylic acids is 1. The van der Waals surface area contributed by atoms with Crippen LogP contribution in [0.2, 0.25) is 0 Å². The number of amides is 1. The van der Waals surface area contributed by atoms with Crippen molar-refractivity contribution in [2.24, 2.45) is 5.41 Å². The molecule has 0 N–H and O–H groups in total. The van der Waals surface area contributed by atoms with Gasteiger partial charge in [-0.25, -0.2) is 0 Å². The zero-order valence-electron chi connectivity index (χ0n) is 7.56. The molecule has 1 heterocycles. The average Bonchev–Trinajstić information content (AvgIpc) is 1.97. The summed E-state index contributed by atoms with van der Waals surface area (Å²) in [5.74, 6) is 0.499. The van der Waals surface area contributed by atoms with Crippen LogP contribution >= 0.6 is 11.6 Å². The molecule has 0 bridgehead atoms.